The van der Waals surface area contributed by atoms with Crippen LogP contribution in [-0.4, -0.2) is 5.97 Å². The van der Waals surface area contributed by atoms with Gasteiger partial charge in [0.05, 0.1) is 0 Å². The van der Waals surface area contributed by atoms with Gasteiger partial charge in [-0.2, -0.15) is 0 Å². The molecule has 0 radical (unpaired) electrons. The molecular weight excluding hydrogens is 131 g/mol. The molecule has 1 aliphatic carbocycles. The second kappa shape index (κ2) is 4.01. The van der Waals surface area contributed by atoms with Gasteiger partial charge in [0.15, 0.2) is 0 Å². The Labute approximate surface area is 91.1 Å². The molecule has 0 unspecified atom stereocenters. The smallest absolute Gasteiger partial charge is 0.550 e. The van der Waals surface area contributed by atoms with Crippen molar-refractivity contribution >= 4 is 5.97 Å². The third-order valence-electron chi connectivity index (χ3n) is 1.44. The summed E-state index contributed by atoms with van der Waals surface area (Å²) in [5.41, 5.74) is 0. The molecule has 0 aromatic carbocycles. The Morgan fingerprint density at radius 3 is 2.00 bits per heavy atom. The summed E-state index contributed by atoms with van der Waals surface area (Å²) in [6.07, 6.45) is 2.74. The summed E-state index contributed by atoms with van der Waals surface area (Å²) < 4.78 is 0. The quantitative estimate of drug-likeness (QED) is 0.353. The summed E-state index contributed by atoms with van der Waals surface area (Å²) in [5, 5.41) is 9.87. The average Bonchev–Trinajstić information content (AvgIpc) is 1.23. The van der Waals surface area contributed by atoms with Gasteiger partial charge >= 0.3 is 51.4 Å². The third-order valence-corrected chi connectivity index (χ3v) is 1.44. The van der Waals surface area contributed by atoms with E-state index in [-0.39, 0.29) is 57.3 Å². The number of hydrogen-bond donors (Lipinski definition) is 0. The fraction of sp³-hybridized carbons (Fsp3) is 0.800. The largest absolute Gasteiger partial charge is 1.00 e. The molecule has 0 aromatic heterocycles. The van der Waals surface area contributed by atoms with E-state index >= 15 is 0 Å². The van der Waals surface area contributed by atoms with Crippen molar-refractivity contribution in [3.05, 3.63) is 0 Å². The van der Waals surface area contributed by atoms with E-state index in [4.69, 9.17) is 0 Å². The number of rotatable bonds is 1. The molecule has 3 heteroatoms. The molecule has 0 spiro atoms. The van der Waals surface area contributed by atoms with E-state index in [1.54, 1.807) is 0 Å². The molecule has 0 aromatic rings. The van der Waals surface area contributed by atoms with Crippen LogP contribution in [0.2, 0.25) is 0 Å². The molecule has 1 saturated carbocycles. The first-order chi connectivity index (χ1) is 3.30. The Bertz CT molecular complexity index is 88.4. The van der Waals surface area contributed by atoms with Crippen LogP contribution < -0.4 is 56.5 Å². The van der Waals surface area contributed by atoms with Gasteiger partial charge in [-0.05, 0) is 18.8 Å². The maximum atomic E-state index is 9.87. The van der Waals surface area contributed by atoms with Crippen LogP contribution in [-0.2, 0) is 4.79 Å². The minimum atomic E-state index is -0.869. The molecule has 0 bridgehead atoms. The first-order valence-electron chi connectivity index (χ1n) is 2.51. The van der Waals surface area contributed by atoms with E-state index in [0.29, 0.717) is 0 Å². The fourth-order valence-corrected chi connectivity index (χ4v) is 0.644. The minimum absolute atomic E-state index is 0. The Morgan fingerprint density at radius 1 is 1.50 bits per heavy atom. The first-order valence-corrected chi connectivity index (χ1v) is 2.51. The van der Waals surface area contributed by atoms with E-state index in [1.165, 1.54) is 0 Å². The van der Waals surface area contributed by atoms with Crippen molar-refractivity contribution in [1.82, 2.24) is 0 Å². The van der Waals surface area contributed by atoms with Crippen molar-refractivity contribution in [2.45, 2.75) is 19.3 Å². The fourth-order valence-electron chi connectivity index (χ4n) is 0.644. The summed E-state index contributed by atoms with van der Waals surface area (Å²) in [5.74, 6) is -0.980. The molecule has 1 rings (SSSR count). The van der Waals surface area contributed by atoms with E-state index in [1.807, 2.05) is 0 Å². The van der Waals surface area contributed by atoms with Crippen molar-refractivity contribution in [1.29, 1.82) is 0 Å². The van der Waals surface area contributed by atoms with Crippen molar-refractivity contribution in [2.24, 2.45) is 5.92 Å². The molecule has 0 N–H and O–H groups in total. The van der Waals surface area contributed by atoms with E-state index in [0.717, 1.165) is 19.3 Å². The van der Waals surface area contributed by atoms with Gasteiger partial charge in [0, 0.05) is 5.97 Å². The van der Waals surface area contributed by atoms with Crippen LogP contribution in [0.25, 0.3) is 0 Å². The van der Waals surface area contributed by atoms with Crippen molar-refractivity contribution in [3.63, 3.8) is 0 Å². The molecule has 8 heavy (non-hydrogen) atoms. The predicted octanol–water partition coefficient (Wildman–Crippen LogP) is -3.46. The molecule has 0 heterocycles. The summed E-state index contributed by atoms with van der Waals surface area (Å²) in [7, 11) is 0. The number of carbonyl (C=O) groups excluding carboxylic acids is 1. The van der Waals surface area contributed by atoms with Gasteiger partial charge in [-0.25, -0.2) is 0 Å². The molecule has 0 aliphatic heterocycles. The van der Waals surface area contributed by atoms with Crippen molar-refractivity contribution in [3.8, 4) is 0 Å². The van der Waals surface area contributed by atoms with Gasteiger partial charge < -0.3 is 9.90 Å². The van der Waals surface area contributed by atoms with Gasteiger partial charge in [0.25, 0.3) is 0 Å². The Kier molecular flexibility index (Phi) is 4.56. The number of aliphatic carboxylic acids is 1. The Balaban J connectivity index is 0.000000490. The van der Waals surface area contributed by atoms with Gasteiger partial charge in [0.1, 0.15) is 0 Å². The maximum Gasteiger partial charge on any atom is 1.00 e. The zero-order valence-electron chi connectivity index (χ0n) is 5.02. The summed E-state index contributed by atoms with van der Waals surface area (Å²) in [6, 6.07) is 0. The second-order valence-electron chi connectivity index (χ2n) is 1.95. The molecule has 0 saturated heterocycles. The van der Waals surface area contributed by atoms with Crippen LogP contribution in [0, 0.1) is 5.92 Å². The standard InChI is InChI=1S/C5H8O2.K/c6-5(7)4-2-1-3-4;/h4H,1-3H2,(H,6,7);/q;+1/p-1. The van der Waals surface area contributed by atoms with Crippen LogP contribution in [0.1, 0.15) is 19.3 Å². The normalized spacial score (nSPS) is 18.5. The van der Waals surface area contributed by atoms with Crippen molar-refractivity contribution < 1.29 is 61.3 Å². The minimum Gasteiger partial charge on any atom is -0.550 e. The topological polar surface area (TPSA) is 40.1 Å². The number of carboxylic acids is 1. The predicted molar refractivity (Wildman–Crippen MR) is 22.3 cm³/mol. The summed E-state index contributed by atoms with van der Waals surface area (Å²) >= 11 is 0. The summed E-state index contributed by atoms with van der Waals surface area (Å²) in [6.45, 7) is 0. The third kappa shape index (κ3) is 2.15. The molecule has 1 fully saturated rings. The Morgan fingerprint density at radius 2 is 2.00 bits per heavy atom. The van der Waals surface area contributed by atoms with E-state index in [2.05, 4.69) is 0 Å². The Hall–Kier alpha value is 1.11. The number of carboxylic acid groups (broad SMARTS) is 1. The maximum absolute atomic E-state index is 9.87. The summed E-state index contributed by atoms with van der Waals surface area (Å²) in [4.78, 5) is 9.87. The van der Waals surface area contributed by atoms with Crippen molar-refractivity contribution in [2.75, 3.05) is 0 Å². The number of hydrogen-bond acceptors (Lipinski definition) is 2. The van der Waals surface area contributed by atoms with Crippen LogP contribution in [0.5, 0.6) is 0 Å². The second-order valence-corrected chi connectivity index (χ2v) is 1.95. The average molecular weight is 138 g/mol. The van der Waals surface area contributed by atoms with Gasteiger partial charge in [-0.3, -0.25) is 0 Å². The molecule has 40 valence electrons. The molecule has 2 nitrogen and oxygen atoms in total. The SMILES string of the molecule is O=C([O-])C1CCC1.[K+]. The molecule has 0 amide bonds. The van der Waals surface area contributed by atoms with Crippen LogP contribution >= 0.6 is 0 Å². The van der Waals surface area contributed by atoms with Crippen LogP contribution in [0.4, 0.5) is 0 Å². The molecular formula is C5H7KO2. The monoisotopic (exact) mass is 138 g/mol. The van der Waals surface area contributed by atoms with E-state index < -0.39 is 5.97 Å². The zero-order chi connectivity index (χ0) is 5.28. The van der Waals surface area contributed by atoms with Gasteiger partial charge in [-0.15, -0.1) is 0 Å². The van der Waals surface area contributed by atoms with Crippen LogP contribution in [0.15, 0.2) is 0 Å². The number of carbonyl (C=O) groups is 1. The van der Waals surface area contributed by atoms with E-state index in [9.17, 15) is 9.90 Å². The molecule has 0 atom stereocenters. The van der Waals surface area contributed by atoms with Gasteiger partial charge in [0.2, 0.25) is 0 Å². The first kappa shape index (κ1) is 9.11. The van der Waals surface area contributed by atoms with Crippen LogP contribution in [0.3, 0.4) is 0 Å². The molecule has 1 aliphatic rings. The zero-order valence-corrected chi connectivity index (χ0v) is 8.14. The van der Waals surface area contributed by atoms with Gasteiger partial charge in [-0.1, -0.05) is 6.42 Å².